The fourth-order valence-corrected chi connectivity index (χ4v) is 2.55. The molecule has 1 fully saturated rings. The van der Waals surface area contributed by atoms with Crippen molar-refractivity contribution in [2.45, 2.75) is 52.0 Å². The summed E-state index contributed by atoms with van der Waals surface area (Å²) < 4.78 is 5.45. The SMILES string of the molecule is CC[C@H](C)Nc1nc(-c2c(OC)ncnc2C2CC2)nc(C)c1N. The molecule has 0 aliphatic heterocycles. The third-order valence-corrected chi connectivity index (χ3v) is 4.35. The molecule has 7 nitrogen and oxygen atoms in total. The summed E-state index contributed by atoms with van der Waals surface area (Å²) in [5.74, 6) is 2.15. The van der Waals surface area contributed by atoms with E-state index in [1.807, 2.05) is 6.92 Å². The van der Waals surface area contributed by atoms with Crippen LogP contribution in [0, 0.1) is 6.92 Å². The molecule has 3 N–H and O–H groups in total. The van der Waals surface area contributed by atoms with Crippen LogP contribution in [-0.4, -0.2) is 33.1 Å². The van der Waals surface area contributed by atoms with Crippen LogP contribution >= 0.6 is 0 Å². The van der Waals surface area contributed by atoms with Crippen LogP contribution in [0.25, 0.3) is 11.4 Å². The number of nitrogens with one attached hydrogen (secondary N) is 1. The summed E-state index contributed by atoms with van der Waals surface area (Å²) in [6.45, 7) is 6.09. The average molecular weight is 328 g/mol. The van der Waals surface area contributed by atoms with Gasteiger partial charge in [-0.15, -0.1) is 0 Å². The summed E-state index contributed by atoms with van der Waals surface area (Å²) in [6, 6.07) is 0.270. The first-order valence-corrected chi connectivity index (χ1v) is 8.35. The number of ether oxygens (including phenoxy) is 1. The highest BCUT2D eigenvalue weighted by molar-refractivity contribution is 5.72. The highest BCUT2D eigenvalue weighted by Crippen LogP contribution is 2.45. The number of hydrogen-bond donors (Lipinski definition) is 2. The van der Waals surface area contributed by atoms with E-state index in [1.54, 1.807) is 13.4 Å². The van der Waals surface area contributed by atoms with E-state index in [0.717, 1.165) is 36.2 Å². The summed E-state index contributed by atoms with van der Waals surface area (Å²) >= 11 is 0. The second kappa shape index (κ2) is 6.59. The summed E-state index contributed by atoms with van der Waals surface area (Å²) in [5, 5.41) is 3.35. The van der Waals surface area contributed by atoms with Crippen LogP contribution in [0.3, 0.4) is 0 Å². The molecule has 2 aromatic heterocycles. The molecule has 2 aromatic rings. The molecule has 2 heterocycles. The van der Waals surface area contributed by atoms with Crippen molar-refractivity contribution in [3.63, 3.8) is 0 Å². The van der Waals surface area contributed by atoms with Gasteiger partial charge in [-0.25, -0.2) is 19.9 Å². The minimum atomic E-state index is 0.270. The summed E-state index contributed by atoms with van der Waals surface area (Å²) in [7, 11) is 1.60. The summed E-state index contributed by atoms with van der Waals surface area (Å²) in [4.78, 5) is 17.9. The average Bonchev–Trinajstić information content (AvgIpc) is 3.42. The van der Waals surface area contributed by atoms with Gasteiger partial charge >= 0.3 is 0 Å². The van der Waals surface area contributed by atoms with E-state index >= 15 is 0 Å². The Bertz CT molecular complexity index is 744. The molecule has 0 radical (unpaired) electrons. The Kier molecular flexibility index (Phi) is 4.51. The van der Waals surface area contributed by atoms with Gasteiger partial charge in [0.1, 0.15) is 11.9 Å². The number of nitrogen functional groups attached to an aromatic ring is 1. The number of rotatable bonds is 6. The van der Waals surface area contributed by atoms with Crippen molar-refractivity contribution in [1.82, 2.24) is 19.9 Å². The Balaban J connectivity index is 2.13. The van der Waals surface area contributed by atoms with Crippen molar-refractivity contribution in [3.05, 3.63) is 17.7 Å². The van der Waals surface area contributed by atoms with Crippen LogP contribution in [0.4, 0.5) is 11.5 Å². The predicted octanol–water partition coefficient (Wildman–Crippen LogP) is 2.92. The van der Waals surface area contributed by atoms with Crippen LogP contribution < -0.4 is 15.8 Å². The van der Waals surface area contributed by atoms with E-state index in [0.29, 0.717) is 29.1 Å². The van der Waals surface area contributed by atoms with E-state index in [1.165, 1.54) is 0 Å². The van der Waals surface area contributed by atoms with Crippen LogP contribution in [0.5, 0.6) is 5.88 Å². The van der Waals surface area contributed by atoms with Gasteiger partial charge in [0.2, 0.25) is 5.88 Å². The lowest BCUT2D eigenvalue weighted by Crippen LogP contribution is -2.17. The third-order valence-electron chi connectivity index (χ3n) is 4.35. The van der Waals surface area contributed by atoms with Gasteiger partial charge in [0.15, 0.2) is 11.6 Å². The number of methoxy groups -OCH3 is 1. The Morgan fingerprint density at radius 3 is 2.71 bits per heavy atom. The van der Waals surface area contributed by atoms with Crippen molar-refractivity contribution < 1.29 is 4.74 Å². The molecule has 128 valence electrons. The molecule has 1 saturated carbocycles. The minimum absolute atomic E-state index is 0.270. The van der Waals surface area contributed by atoms with E-state index in [4.69, 9.17) is 10.5 Å². The number of anilines is 2. The molecular formula is C17H24N6O. The smallest absolute Gasteiger partial charge is 0.227 e. The first kappa shape index (κ1) is 16.4. The highest BCUT2D eigenvalue weighted by atomic mass is 16.5. The molecule has 0 bridgehead atoms. The first-order chi connectivity index (χ1) is 11.5. The van der Waals surface area contributed by atoms with Crippen LogP contribution in [0.15, 0.2) is 6.33 Å². The molecular weight excluding hydrogens is 304 g/mol. The predicted molar refractivity (Wildman–Crippen MR) is 94.1 cm³/mol. The van der Waals surface area contributed by atoms with Crippen LogP contribution in [0.2, 0.25) is 0 Å². The van der Waals surface area contributed by atoms with Gasteiger partial charge in [0, 0.05) is 12.0 Å². The maximum atomic E-state index is 6.16. The fourth-order valence-electron chi connectivity index (χ4n) is 2.55. The lowest BCUT2D eigenvalue weighted by molar-refractivity contribution is 0.397. The van der Waals surface area contributed by atoms with E-state index in [-0.39, 0.29) is 6.04 Å². The van der Waals surface area contributed by atoms with Gasteiger partial charge in [-0.3, -0.25) is 0 Å². The Hall–Kier alpha value is -2.44. The zero-order chi connectivity index (χ0) is 17.3. The number of aryl methyl sites for hydroxylation is 1. The molecule has 24 heavy (non-hydrogen) atoms. The molecule has 0 saturated heterocycles. The monoisotopic (exact) mass is 328 g/mol. The molecule has 0 aromatic carbocycles. The molecule has 1 aliphatic rings. The Labute approximate surface area is 142 Å². The third kappa shape index (κ3) is 3.11. The maximum Gasteiger partial charge on any atom is 0.227 e. The molecule has 0 unspecified atom stereocenters. The second-order valence-corrected chi connectivity index (χ2v) is 6.27. The van der Waals surface area contributed by atoms with Gasteiger partial charge in [0.05, 0.1) is 24.2 Å². The van der Waals surface area contributed by atoms with Gasteiger partial charge in [-0.1, -0.05) is 6.92 Å². The number of aromatic nitrogens is 4. The molecule has 1 aliphatic carbocycles. The van der Waals surface area contributed by atoms with Gasteiger partial charge in [-0.05, 0) is 33.1 Å². The molecule has 1 atom stereocenters. The van der Waals surface area contributed by atoms with Crippen molar-refractivity contribution in [2.24, 2.45) is 0 Å². The molecule has 3 rings (SSSR count). The van der Waals surface area contributed by atoms with Crippen molar-refractivity contribution in [2.75, 3.05) is 18.2 Å². The van der Waals surface area contributed by atoms with E-state index < -0.39 is 0 Å². The number of nitrogens with zero attached hydrogens (tertiary/aromatic N) is 4. The van der Waals surface area contributed by atoms with E-state index in [2.05, 4.69) is 39.1 Å². The summed E-state index contributed by atoms with van der Waals surface area (Å²) in [6.07, 6.45) is 4.76. The van der Waals surface area contributed by atoms with Gasteiger partial charge in [0.25, 0.3) is 0 Å². The maximum absolute atomic E-state index is 6.16. The Morgan fingerprint density at radius 2 is 2.08 bits per heavy atom. The van der Waals surface area contributed by atoms with Crippen LogP contribution in [-0.2, 0) is 0 Å². The number of hydrogen-bond acceptors (Lipinski definition) is 7. The normalized spacial score (nSPS) is 15.2. The fraction of sp³-hybridized carbons (Fsp3) is 0.529. The molecule has 7 heteroatoms. The van der Waals surface area contributed by atoms with Crippen LogP contribution in [0.1, 0.15) is 50.4 Å². The quantitative estimate of drug-likeness (QED) is 0.841. The minimum Gasteiger partial charge on any atom is -0.480 e. The van der Waals surface area contributed by atoms with Crippen molar-refractivity contribution >= 4 is 11.5 Å². The lowest BCUT2D eigenvalue weighted by atomic mass is 10.1. The second-order valence-electron chi connectivity index (χ2n) is 6.27. The van der Waals surface area contributed by atoms with Crippen molar-refractivity contribution in [1.29, 1.82) is 0 Å². The highest BCUT2D eigenvalue weighted by Gasteiger charge is 2.31. The van der Waals surface area contributed by atoms with Gasteiger partial charge in [-0.2, -0.15) is 0 Å². The lowest BCUT2D eigenvalue weighted by Gasteiger charge is -2.17. The first-order valence-electron chi connectivity index (χ1n) is 8.35. The zero-order valence-electron chi connectivity index (χ0n) is 14.6. The molecule has 0 amide bonds. The zero-order valence-corrected chi connectivity index (χ0v) is 14.6. The van der Waals surface area contributed by atoms with Crippen molar-refractivity contribution in [3.8, 4) is 17.3 Å². The standard InChI is InChI=1S/C17H24N6O/c1-5-9(2)21-16-13(18)10(3)22-15(23-16)12-14(11-6-7-11)19-8-20-17(12)24-4/h8-9,11H,5-7,18H2,1-4H3,(H,21,22,23)/t9-/m0/s1. The number of nitrogens with two attached hydrogens (primary N) is 1. The summed E-state index contributed by atoms with van der Waals surface area (Å²) in [5.41, 5.74) is 9.20. The van der Waals surface area contributed by atoms with E-state index in [9.17, 15) is 0 Å². The van der Waals surface area contributed by atoms with Gasteiger partial charge < -0.3 is 15.8 Å². The largest absolute Gasteiger partial charge is 0.480 e. The Morgan fingerprint density at radius 1 is 1.33 bits per heavy atom. The topological polar surface area (TPSA) is 98.8 Å². The molecule has 0 spiro atoms.